The van der Waals surface area contributed by atoms with Crippen molar-refractivity contribution < 1.29 is 27.9 Å². The van der Waals surface area contributed by atoms with Crippen LogP contribution in [-0.2, 0) is 23.1 Å². The van der Waals surface area contributed by atoms with Crippen LogP contribution in [0.5, 0.6) is 5.75 Å². The number of hydrogen-bond donors (Lipinski definition) is 0. The van der Waals surface area contributed by atoms with Crippen LogP contribution in [0.2, 0.25) is 19.6 Å². The molecule has 1 rings (SSSR count). The maximum atomic E-state index is 13.7. The standard InChI is InChI=1S/C19H33O6PSi/c1-8-23-19(20)17(26(21,24-9-2)25-10-3)18(27(5,6)7)15-12-11-13-16(14-15)22-4/h11-14,17-18H,8-10H2,1-7H3. The molecule has 0 radical (unpaired) electrons. The Balaban J connectivity index is 3.63. The highest BCUT2D eigenvalue weighted by molar-refractivity contribution is 7.56. The zero-order valence-electron chi connectivity index (χ0n) is 17.5. The Morgan fingerprint density at radius 3 is 2.11 bits per heavy atom. The van der Waals surface area contributed by atoms with E-state index in [2.05, 4.69) is 19.6 Å². The van der Waals surface area contributed by atoms with Gasteiger partial charge in [0.15, 0.2) is 5.66 Å². The van der Waals surface area contributed by atoms with Crippen molar-refractivity contribution >= 4 is 21.6 Å². The molecule has 0 spiro atoms. The fourth-order valence-corrected chi connectivity index (χ4v) is 9.36. The number of esters is 1. The van der Waals surface area contributed by atoms with Gasteiger partial charge in [0.05, 0.1) is 35.0 Å². The molecule has 2 unspecified atom stereocenters. The Morgan fingerprint density at radius 2 is 1.67 bits per heavy atom. The van der Waals surface area contributed by atoms with Crippen LogP contribution in [0.4, 0.5) is 0 Å². The van der Waals surface area contributed by atoms with Gasteiger partial charge in [-0.15, -0.1) is 0 Å². The molecule has 1 aromatic rings. The molecule has 0 saturated carbocycles. The van der Waals surface area contributed by atoms with Gasteiger partial charge in [0.1, 0.15) is 5.75 Å². The molecule has 154 valence electrons. The lowest BCUT2D eigenvalue weighted by atomic mass is 10.1. The van der Waals surface area contributed by atoms with E-state index in [1.54, 1.807) is 27.9 Å². The van der Waals surface area contributed by atoms with E-state index >= 15 is 0 Å². The molecule has 0 aliphatic rings. The van der Waals surface area contributed by atoms with Crippen molar-refractivity contribution in [2.24, 2.45) is 0 Å². The van der Waals surface area contributed by atoms with Gasteiger partial charge < -0.3 is 18.5 Å². The smallest absolute Gasteiger partial charge is 0.345 e. The number of ether oxygens (including phenoxy) is 2. The summed E-state index contributed by atoms with van der Waals surface area (Å²) < 4.78 is 35.5. The minimum Gasteiger partial charge on any atom is -0.497 e. The molecule has 8 heteroatoms. The maximum absolute atomic E-state index is 13.7. The number of carbonyl (C=O) groups is 1. The average molecular weight is 417 g/mol. The van der Waals surface area contributed by atoms with Gasteiger partial charge in [-0.05, 0) is 38.5 Å². The third-order valence-corrected chi connectivity index (χ3v) is 9.43. The minimum absolute atomic E-state index is 0.184. The summed E-state index contributed by atoms with van der Waals surface area (Å²) >= 11 is 0. The van der Waals surface area contributed by atoms with Gasteiger partial charge >= 0.3 is 13.6 Å². The van der Waals surface area contributed by atoms with Crippen molar-refractivity contribution in [1.29, 1.82) is 0 Å². The molecule has 0 fully saturated rings. The highest BCUT2D eigenvalue weighted by Gasteiger charge is 2.52. The van der Waals surface area contributed by atoms with E-state index in [0.29, 0.717) is 5.75 Å². The Bertz CT molecular complexity index is 648. The second-order valence-corrected chi connectivity index (χ2v) is 14.7. The quantitative estimate of drug-likeness (QED) is 0.292. The molecule has 0 aliphatic heterocycles. The largest absolute Gasteiger partial charge is 0.497 e. The number of rotatable bonds is 11. The molecular formula is C19H33O6PSi. The van der Waals surface area contributed by atoms with E-state index in [9.17, 15) is 9.36 Å². The van der Waals surface area contributed by atoms with Crippen molar-refractivity contribution in [1.82, 2.24) is 0 Å². The zero-order valence-corrected chi connectivity index (χ0v) is 19.4. The number of benzene rings is 1. The van der Waals surface area contributed by atoms with E-state index in [1.807, 2.05) is 24.3 Å². The van der Waals surface area contributed by atoms with Gasteiger partial charge in [0.2, 0.25) is 0 Å². The van der Waals surface area contributed by atoms with Gasteiger partial charge in [-0.1, -0.05) is 31.8 Å². The van der Waals surface area contributed by atoms with Gasteiger partial charge in [0.25, 0.3) is 0 Å². The number of hydrogen-bond acceptors (Lipinski definition) is 6. The van der Waals surface area contributed by atoms with Crippen molar-refractivity contribution in [3.63, 3.8) is 0 Å². The molecule has 0 amide bonds. The summed E-state index contributed by atoms with van der Waals surface area (Å²) in [6, 6.07) is 7.53. The first kappa shape index (κ1) is 23.9. The first-order chi connectivity index (χ1) is 12.6. The predicted octanol–water partition coefficient (Wildman–Crippen LogP) is 4.85. The van der Waals surface area contributed by atoms with Crippen molar-refractivity contribution in [3.05, 3.63) is 29.8 Å². The van der Waals surface area contributed by atoms with E-state index in [-0.39, 0.29) is 25.4 Å². The van der Waals surface area contributed by atoms with Crippen LogP contribution >= 0.6 is 7.60 Å². The van der Waals surface area contributed by atoms with Crippen LogP contribution in [0.15, 0.2) is 24.3 Å². The molecule has 0 bridgehead atoms. The van der Waals surface area contributed by atoms with Crippen LogP contribution in [0.25, 0.3) is 0 Å². The molecule has 2 atom stereocenters. The Labute approximate surface area is 164 Å². The monoisotopic (exact) mass is 416 g/mol. The average Bonchev–Trinajstić information content (AvgIpc) is 2.59. The lowest BCUT2D eigenvalue weighted by molar-refractivity contribution is -0.143. The first-order valence-corrected chi connectivity index (χ1v) is 14.5. The summed E-state index contributed by atoms with van der Waals surface area (Å²) in [6.45, 7) is 12.2. The number of methoxy groups -OCH3 is 1. The third-order valence-electron chi connectivity index (χ3n) is 4.19. The molecule has 0 aliphatic carbocycles. The van der Waals surface area contributed by atoms with Crippen LogP contribution < -0.4 is 4.74 Å². The molecule has 6 nitrogen and oxygen atoms in total. The topological polar surface area (TPSA) is 71.1 Å². The Hall–Kier alpha value is -1.14. The highest BCUT2D eigenvalue weighted by atomic mass is 31.2. The molecule has 0 saturated heterocycles. The molecule has 27 heavy (non-hydrogen) atoms. The third kappa shape index (κ3) is 6.18. The van der Waals surface area contributed by atoms with Crippen molar-refractivity contribution in [3.8, 4) is 5.75 Å². The Morgan fingerprint density at radius 1 is 1.07 bits per heavy atom. The summed E-state index contributed by atoms with van der Waals surface area (Å²) in [5.41, 5.74) is -0.460. The predicted molar refractivity (Wildman–Crippen MR) is 110 cm³/mol. The second kappa shape index (κ2) is 10.4. The molecular weight excluding hydrogens is 383 g/mol. The molecule has 0 heterocycles. The van der Waals surface area contributed by atoms with Crippen LogP contribution in [0.3, 0.4) is 0 Å². The van der Waals surface area contributed by atoms with E-state index < -0.39 is 27.3 Å². The van der Waals surface area contributed by atoms with E-state index in [4.69, 9.17) is 18.5 Å². The summed E-state index contributed by atoms with van der Waals surface area (Å²) in [5, 5.41) is 0. The van der Waals surface area contributed by atoms with Gasteiger partial charge in [0, 0.05) is 5.54 Å². The SMILES string of the molecule is CCOC(=O)C(C(c1cccc(OC)c1)[Si](C)(C)C)P(=O)(OCC)OCC. The lowest BCUT2D eigenvalue weighted by Crippen LogP contribution is -2.44. The molecule has 0 N–H and O–H groups in total. The van der Waals surface area contributed by atoms with E-state index in [0.717, 1.165) is 5.56 Å². The summed E-state index contributed by atoms with van der Waals surface area (Å²) in [5.74, 6) is 0.138. The second-order valence-electron chi connectivity index (χ2n) is 7.19. The highest BCUT2D eigenvalue weighted by Crippen LogP contribution is 2.59. The summed E-state index contributed by atoms with van der Waals surface area (Å²) in [4.78, 5) is 13.0. The van der Waals surface area contributed by atoms with Crippen LogP contribution in [0.1, 0.15) is 31.9 Å². The van der Waals surface area contributed by atoms with Gasteiger partial charge in [-0.3, -0.25) is 9.36 Å². The fourth-order valence-electron chi connectivity index (χ4n) is 3.22. The van der Waals surface area contributed by atoms with Gasteiger partial charge in [-0.2, -0.15) is 0 Å². The summed E-state index contributed by atoms with van der Waals surface area (Å²) in [6.07, 6.45) is 0. The lowest BCUT2D eigenvalue weighted by Gasteiger charge is -2.37. The first-order valence-electron chi connectivity index (χ1n) is 9.33. The fraction of sp³-hybridized carbons (Fsp3) is 0.632. The summed E-state index contributed by atoms with van der Waals surface area (Å²) in [7, 11) is -4.22. The number of carbonyl (C=O) groups excluding carboxylic acids is 1. The van der Waals surface area contributed by atoms with Crippen molar-refractivity contribution in [2.75, 3.05) is 26.9 Å². The van der Waals surface area contributed by atoms with Crippen LogP contribution in [-0.4, -0.2) is 46.6 Å². The van der Waals surface area contributed by atoms with Gasteiger partial charge in [-0.25, -0.2) is 0 Å². The minimum atomic E-state index is -3.74. The zero-order chi connectivity index (χ0) is 20.7. The van der Waals surface area contributed by atoms with E-state index in [1.165, 1.54) is 0 Å². The molecule has 1 aromatic carbocycles. The Kier molecular flexibility index (Phi) is 9.22. The normalized spacial score (nSPS) is 14.5. The maximum Gasteiger partial charge on any atom is 0.345 e. The van der Waals surface area contributed by atoms with Crippen LogP contribution in [0, 0.1) is 0 Å². The van der Waals surface area contributed by atoms with Crippen molar-refractivity contribution in [2.45, 2.75) is 51.6 Å². The molecule has 0 aromatic heterocycles.